The molecule has 0 bridgehead atoms. The molecule has 1 amide bonds. The summed E-state index contributed by atoms with van der Waals surface area (Å²) in [5, 5.41) is 8.01. The number of nitrogens with one attached hydrogen (secondary N) is 2. The second-order valence-electron chi connectivity index (χ2n) is 9.00. The monoisotopic (exact) mass is 548 g/mol. The van der Waals surface area contributed by atoms with Gasteiger partial charge in [-0.25, -0.2) is 18.4 Å². The zero-order valence-electron chi connectivity index (χ0n) is 20.9. The number of carbonyl (C=O) groups excluding carboxylic acids is 1. The standard InChI is InChI=1S/C27H28N6O3S2/c1-32-14-16-33(17-15-32)38(35,36)24-10-8-22(9-11-24)30-27-28-13-12-25(31-27)20-4-6-21(7-5-20)29-26(34)19-23-3-2-18-37-23/h2-13,18H,14-17,19H2,1H3,(H,29,34)(H,28,30,31). The number of thiophene rings is 1. The van der Waals surface area contributed by atoms with E-state index < -0.39 is 10.0 Å². The lowest BCUT2D eigenvalue weighted by atomic mass is 10.1. The molecule has 1 aliphatic heterocycles. The molecule has 4 aromatic rings. The van der Waals surface area contributed by atoms with E-state index in [1.807, 2.05) is 48.8 Å². The van der Waals surface area contributed by atoms with Crippen LogP contribution in [0.5, 0.6) is 0 Å². The first-order valence-corrected chi connectivity index (χ1v) is 14.5. The van der Waals surface area contributed by atoms with E-state index in [0.29, 0.717) is 42.5 Å². The Labute approximate surface area is 226 Å². The summed E-state index contributed by atoms with van der Waals surface area (Å²) in [6.07, 6.45) is 2.01. The number of likely N-dealkylation sites (N-methyl/N-ethyl adjacent to an activating group) is 1. The molecule has 2 aromatic carbocycles. The fourth-order valence-electron chi connectivity index (χ4n) is 4.10. The van der Waals surface area contributed by atoms with Crippen molar-refractivity contribution in [2.75, 3.05) is 43.9 Å². The molecule has 3 heterocycles. The molecule has 1 aliphatic rings. The van der Waals surface area contributed by atoms with Gasteiger partial charge in [0.25, 0.3) is 0 Å². The Bertz CT molecular complexity index is 1480. The number of hydrogen-bond acceptors (Lipinski definition) is 8. The molecule has 1 saturated heterocycles. The van der Waals surface area contributed by atoms with Gasteiger partial charge in [0, 0.05) is 54.2 Å². The molecule has 0 saturated carbocycles. The third-order valence-electron chi connectivity index (χ3n) is 6.25. The van der Waals surface area contributed by atoms with Crippen molar-refractivity contribution in [3.63, 3.8) is 0 Å². The van der Waals surface area contributed by atoms with Gasteiger partial charge in [-0.2, -0.15) is 4.31 Å². The zero-order valence-corrected chi connectivity index (χ0v) is 22.5. The molecule has 0 unspecified atom stereocenters. The number of aromatic nitrogens is 2. The van der Waals surface area contributed by atoms with Crippen molar-refractivity contribution in [2.45, 2.75) is 11.3 Å². The Morgan fingerprint density at radius 1 is 0.947 bits per heavy atom. The molecule has 2 N–H and O–H groups in total. The first-order valence-electron chi connectivity index (χ1n) is 12.2. The van der Waals surface area contributed by atoms with E-state index in [0.717, 1.165) is 23.5 Å². The summed E-state index contributed by atoms with van der Waals surface area (Å²) in [5.74, 6) is 0.335. The van der Waals surface area contributed by atoms with E-state index in [9.17, 15) is 13.2 Å². The van der Waals surface area contributed by atoms with Crippen LogP contribution in [-0.2, 0) is 21.2 Å². The second kappa shape index (κ2) is 11.4. The van der Waals surface area contributed by atoms with Crippen molar-refractivity contribution >= 4 is 44.6 Å². The van der Waals surface area contributed by atoms with E-state index in [4.69, 9.17) is 0 Å². The average molecular weight is 549 g/mol. The maximum atomic E-state index is 13.0. The summed E-state index contributed by atoms with van der Waals surface area (Å²) in [4.78, 5) is 24.5. The van der Waals surface area contributed by atoms with E-state index in [1.54, 1.807) is 47.9 Å². The van der Waals surface area contributed by atoms with Crippen molar-refractivity contribution < 1.29 is 13.2 Å². The lowest BCUT2D eigenvalue weighted by Gasteiger charge is -2.31. The Hall–Kier alpha value is -3.64. The second-order valence-corrected chi connectivity index (χ2v) is 12.0. The van der Waals surface area contributed by atoms with Gasteiger partial charge in [0.15, 0.2) is 0 Å². The van der Waals surface area contributed by atoms with Crippen LogP contribution >= 0.6 is 11.3 Å². The Balaban J connectivity index is 1.22. The molecule has 9 nitrogen and oxygen atoms in total. The van der Waals surface area contributed by atoms with Gasteiger partial charge in [0.05, 0.1) is 17.0 Å². The molecule has 0 atom stereocenters. The predicted octanol–water partition coefficient (Wildman–Crippen LogP) is 4.07. The number of rotatable bonds is 8. The Kier molecular flexibility index (Phi) is 7.79. The molecule has 196 valence electrons. The normalized spacial score (nSPS) is 14.8. The Morgan fingerprint density at radius 2 is 1.66 bits per heavy atom. The molecule has 0 radical (unpaired) electrons. The van der Waals surface area contributed by atoms with E-state index >= 15 is 0 Å². The van der Waals surface area contributed by atoms with Crippen LogP contribution in [0.25, 0.3) is 11.3 Å². The summed E-state index contributed by atoms with van der Waals surface area (Å²) in [6.45, 7) is 2.42. The van der Waals surface area contributed by atoms with Crippen LogP contribution < -0.4 is 10.6 Å². The van der Waals surface area contributed by atoms with E-state index in [2.05, 4.69) is 25.5 Å². The number of benzene rings is 2. The first kappa shape index (κ1) is 26.0. The number of amides is 1. The van der Waals surface area contributed by atoms with Crippen LogP contribution in [0.15, 0.2) is 83.2 Å². The fraction of sp³-hybridized carbons (Fsp3) is 0.222. The average Bonchev–Trinajstić information content (AvgIpc) is 3.43. The quantitative estimate of drug-likeness (QED) is 0.342. The smallest absolute Gasteiger partial charge is 0.243 e. The highest BCUT2D eigenvalue weighted by atomic mass is 32.2. The molecule has 5 rings (SSSR count). The molecular formula is C27H28N6O3S2. The van der Waals surface area contributed by atoms with Gasteiger partial charge in [0.1, 0.15) is 0 Å². The number of sulfonamides is 1. The van der Waals surface area contributed by atoms with E-state index in [1.165, 1.54) is 4.31 Å². The zero-order chi connectivity index (χ0) is 26.5. The third-order valence-corrected chi connectivity index (χ3v) is 9.03. The summed E-state index contributed by atoms with van der Waals surface area (Å²) >= 11 is 1.56. The number of piperazine rings is 1. The summed E-state index contributed by atoms with van der Waals surface area (Å²) in [5.41, 5.74) is 2.99. The van der Waals surface area contributed by atoms with Crippen LogP contribution in [0.4, 0.5) is 17.3 Å². The first-order chi connectivity index (χ1) is 18.4. The van der Waals surface area contributed by atoms with Gasteiger partial charge in [0.2, 0.25) is 21.9 Å². The molecule has 0 spiro atoms. The van der Waals surface area contributed by atoms with Crippen LogP contribution in [0.3, 0.4) is 0 Å². The highest BCUT2D eigenvalue weighted by molar-refractivity contribution is 7.89. The van der Waals surface area contributed by atoms with Crippen LogP contribution in [0.2, 0.25) is 0 Å². The number of carbonyl (C=O) groups is 1. The van der Waals surface area contributed by atoms with Gasteiger partial charge in [-0.3, -0.25) is 4.79 Å². The third kappa shape index (κ3) is 6.25. The van der Waals surface area contributed by atoms with Crippen molar-refractivity contribution in [1.82, 2.24) is 19.2 Å². The molecule has 2 aromatic heterocycles. The van der Waals surface area contributed by atoms with Gasteiger partial charge >= 0.3 is 0 Å². The molecular weight excluding hydrogens is 520 g/mol. The Morgan fingerprint density at radius 3 is 2.34 bits per heavy atom. The summed E-state index contributed by atoms with van der Waals surface area (Å²) in [7, 11) is -1.53. The van der Waals surface area contributed by atoms with Gasteiger partial charge in [-0.15, -0.1) is 11.3 Å². The predicted molar refractivity (Wildman–Crippen MR) is 150 cm³/mol. The number of hydrogen-bond donors (Lipinski definition) is 2. The summed E-state index contributed by atoms with van der Waals surface area (Å²) < 4.78 is 27.4. The molecule has 38 heavy (non-hydrogen) atoms. The summed E-state index contributed by atoms with van der Waals surface area (Å²) in [6, 6.07) is 19.8. The van der Waals surface area contributed by atoms with Gasteiger partial charge < -0.3 is 15.5 Å². The highest BCUT2D eigenvalue weighted by Crippen LogP contribution is 2.24. The van der Waals surface area contributed by atoms with E-state index in [-0.39, 0.29) is 10.8 Å². The van der Waals surface area contributed by atoms with Crippen LogP contribution in [0.1, 0.15) is 4.88 Å². The largest absolute Gasteiger partial charge is 0.326 e. The topological polar surface area (TPSA) is 108 Å². The minimum Gasteiger partial charge on any atom is -0.326 e. The van der Waals surface area contributed by atoms with Crippen molar-refractivity contribution in [1.29, 1.82) is 0 Å². The molecule has 1 fully saturated rings. The van der Waals surface area contributed by atoms with Gasteiger partial charge in [-0.1, -0.05) is 18.2 Å². The SMILES string of the molecule is CN1CCN(S(=O)(=O)c2ccc(Nc3nccc(-c4ccc(NC(=O)Cc5cccs5)cc4)n3)cc2)CC1. The van der Waals surface area contributed by atoms with Crippen LogP contribution in [-0.4, -0.2) is 66.7 Å². The van der Waals surface area contributed by atoms with Crippen LogP contribution in [0, 0.1) is 0 Å². The molecule has 0 aliphatic carbocycles. The fourth-order valence-corrected chi connectivity index (χ4v) is 6.22. The number of anilines is 3. The van der Waals surface area contributed by atoms with Gasteiger partial charge in [-0.05, 0) is 61.0 Å². The lowest BCUT2D eigenvalue weighted by molar-refractivity contribution is -0.115. The number of nitrogens with zero attached hydrogens (tertiary/aromatic N) is 4. The minimum absolute atomic E-state index is 0.0592. The minimum atomic E-state index is -3.52. The highest BCUT2D eigenvalue weighted by Gasteiger charge is 2.27. The van der Waals surface area contributed by atoms with Crippen molar-refractivity contribution in [3.05, 3.63) is 83.2 Å². The maximum Gasteiger partial charge on any atom is 0.243 e. The van der Waals surface area contributed by atoms with Crippen molar-refractivity contribution in [2.24, 2.45) is 0 Å². The molecule has 11 heteroatoms. The van der Waals surface area contributed by atoms with Crippen molar-refractivity contribution in [3.8, 4) is 11.3 Å². The maximum absolute atomic E-state index is 13.0. The lowest BCUT2D eigenvalue weighted by Crippen LogP contribution is -2.46.